The molecule has 2 aromatic heterocycles. The molecule has 2 heterocycles. The van der Waals surface area contributed by atoms with Gasteiger partial charge in [0.1, 0.15) is 39.8 Å². The molecule has 0 saturated heterocycles. The molecule has 0 aliphatic heterocycles. The molecule has 0 bridgehead atoms. The highest BCUT2D eigenvalue weighted by atomic mass is 35.5. The van der Waals surface area contributed by atoms with Gasteiger partial charge in [-0.15, -0.1) is 22.7 Å². The summed E-state index contributed by atoms with van der Waals surface area (Å²) in [5.74, 6) is 0.587. The third-order valence-corrected chi connectivity index (χ3v) is 11.1. The summed E-state index contributed by atoms with van der Waals surface area (Å²) >= 11 is 14.2. The van der Waals surface area contributed by atoms with Crippen LogP contribution in [0, 0.1) is 36.5 Å². The average molecular weight is 864 g/mol. The van der Waals surface area contributed by atoms with Crippen molar-refractivity contribution in [3.8, 4) is 44.8 Å². The van der Waals surface area contributed by atoms with Crippen molar-refractivity contribution >= 4 is 45.9 Å². The van der Waals surface area contributed by atoms with Gasteiger partial charge in [-0.1, -0.05) is 47.5 Å². The summed E-state index contributed by atoms with van der Waals surface area (Å²) in [6, 6.07) is 22.7. The normalized spacial score (nSPS) is 12.2. The van der Waals surface area contributed by atoms with E-state index in [0.29, 0.717) is 48.7 Å². The predicted molar refractivity (Wildman–Crippen MR) is 208 cm³/mol. The molecule has 2 unspecified atom stereocenters. The highest BCUT2D eigenvalue weighted by Gasteiger charge is 2.31. The number of nitrogens with zero attached hydrogens (tertiary/aromatic N) is 4. The summed E-state index contributed by atoms with van der Waals surface area (Å²) in [6.07, 6.45) is -9.67. The van der Waals surface area contributed by atoms with Gasteiger partial charge in [0.15, 0.2) is 0 Å². The maximum Gasteiger partial charge on any atom is 0.416 e. The Morgan fingerprint density at radius 3 is 1.47 bits per heavy atom. The number of hydrogen-bond donors (Lipinski definition) is 2. The van der Waals surface area contributed by atoms with Crippen LogP contribution in [0.25, 0.3) is 21.1 Å². The number of aliphatic hydroxyl groups is 1. The molecule has 0 aliphatic rings. The van der Waals surface area contributed by atoms with Crippen molar-refractivity contribution in [1.82, 2.24) is 9.97 Å². The third-order valence-electron chi connectivity index (χ3n) is 7.78. The maximum atomic E-state index is 12.7. The molecule has 0 saturated carbocycles. The van der Waals surface area contributed by atoms with Crippen LogP contribution in [0.2, 0.25) is 10.0 Å². The second-order valence-electron chi connectivity index (χ2n) is 12.1. The molecule has 6 aromatic rings. The Labute approximate surface area is 341 Å². The van der Waals surface area contributed by atoms with Crippen molar-refractivity contribution in [3.63, 3.8) is 0 Å². The monoisotopic (exact) mass is 862 g/mol. The first-order chi connectivity index (χ1) is 26.7. The molecule has 296 valence electrons. The van der Waals surface area contributed by atoms with E-state index >= 15 is 0 Å². The van der Waals surface area contributed by atoms with Gasteiger partial charge in [0.05, 0.1) is 59.5 Å². The SMILES string of the molecule is Cc1nc(-c2ccc(C(F)(F)F)cc2)sc1C(C)O.Cc1nc(-c2ccc(C(F)(F)F)cc2)sc1C(C)Oc1ccc(C#N)c(Cl)c1.N#Cc1ccc(O)cc1Cl. The van der Waals surface area contributed by atoms with Gasteiger partial charge in [-0.3, -0.25) is 0 Å². The second kappa shape index (κ2) is 18.9. The van der Waals surface area contributed by atoms with Crippen LogP contribution >= 0.6 is 45.9 Å². The highest BCUT2D eigenvalue weighted by Crippen LogP contribution is 2.37. The van der Waals surface area contributed by atoms with Crippen molar-refractivity contribution in [2.24, 2.45) is 0 Å². The minimum absolute atomic E-state index is 0.0731. The lowest BCUT2D eigenvalue weighted by molar-refractivity contribution is -0.138. The average Bonchev–Trinajstić information content (AvgIpc) is 3.74. The van der Waals surface area contributed by atoms with E-state index in [4.69, 9.17) is 43.6 Å². The number of nitriles is 2. The molecule has 6 rings (SSSR count). The van der Waals surface area contributed by atoms with E-state index < -0.39 is 29.6 Å². The molecule has 0 spiro atoms. The molecule has 4 aromatic carbocycles. The quantitative estimate of drug-likeness (QED) is 0.160. The number of thiazole rings is 2. The molecule has 57 heavy (non-hydrogen) atoms. The molecule has 2 atom stereocenters. The number of rotatable bonds is 6. The Morgan fingerprint density at radius 1 is 0.667 bits per heavy atom. The van der Waals surface area contributed by atoms with Crippen LogP contribution < -0.4 is 4.74 Å². The van der Waals surface area contributed by atoms with Crippen LogP contribution in [-0.4, -0.2) is 20.2 Å². The number of aromatic nitrogens is 2. The largest absolute Gasteiger partial charge is 0.508 e. The highest BCUT2D eigenvalue weighted by molar-refractivity contribution is 7.15. The Bertz CT molecular complexity index is 2400. The van der Waals surface area contributed by atoms with Gasteiger partial charge in [0.25, 0.3) is 0 Å². The van der Waals surface area contributed by atoms with Crippen LogP contribution in [0.1, 0.15) is 69.5 Å². The van der Waals surface area contributed by atoms with Gasteiger partial charge >= 0.3 is 12.4 Å². The van der Waals surface area contributed by atoms with Gasteiger partial charge in [-0.05, 0) is 82.3 Å². The number of hydrogen-bond acceptors (Lipinski definition) is 9. The second-order valence-corrected chi connectivity index (χ2v) is 14.9. The van der Waals surface area contributed by atoms with E-state index in [1.165, 1.54) is 65.1 Å². The molecule has 0 amide bonds. The fourth-order valence-electron chi connectivity index (χ4n) is 4.94. The van der Waals surface area contributed by atoms with Crippen LogP contribution in [0.4, 0.5) is 26.3 Å². The molecule has 0 fully saturated rings. The lowest BCUT2D eigenvalue weighted by atomic mass is 10.1. The predicted octanol–water partition coefficient (Wildman–Crippen LogP) is 12.9. The van der Waals surface area contributed by atoms with Crippen molar-refractivity contribution in [2.75, 3.05) is 0 Å². The number of phenolic OH excluding ortho intramolecular Hbond substituents is 1. The van der Waals surface area contributed by atoms with E-state index in [9.17, 15) is 31.4 Å². The number of ether oxygens (including phenoxy) is 1. The topological polar surface area (TPSA) is 123 Å². The first-order valence-electron chi connectivity index (χ1n) is 16.4. The smallest absolute Gasteiger partial charge is 0.416 e. The van der Waals surface area contributed by atoms with E-state index in [1.54, 1.807) is 32.0 Å². The molecule has 0 radical (unpaired) electrons. The maximum absolute atomic E-state index is 12.7. The molecular weight excluding hydrogens is 833 g/mol. The molecule has 2 N–H and O–H groups in total. The van der Waals surface area contributed by atoms with Crippen LogP contribution in [0.15, 0.2) is 84.9 Å². The number of phenols is 1. The Hall–Kier alpha value is -5.16. The number of alkyl halides is 6. The van der Waals surface area contributed by atoms with E-state index in [0.717, 1.165) is 39.7 Å². The van der Waals surface area contributed by atoms with Gasteiger partial charge in [-0.25, -0.2) is 9.97 Å². The van der Waals surface area contributed by atoms with Gasteiger partial charge in [0.2, 0.25) is 0 Å². The number of aromatic hydroxyl groups is 1. The zero-order valence-corrected chi connectivity index (χ0v) is 33.3. The molecule has 17 heteroatoms. The van der Waals surface area contributed by atoms with Crippen LogP contribution in [0.3, 0.4) is 0 Å². The Morgan fingerprint density at radius 2 is 1.09 bits per heavy atom. The van der Waals surface area contributed by atoms with Gasteiger partial charge < -0.3 is 14.9 Å². The molecule has 0 aliphatic carbocycles. The van der Waals surface area contributed by atoms with Crippen LogP contribution in [0.5, 0.6) is 11.5 Å². The zero-order chi connectivity index (χ0) is 42.2. The summed E-state index contributed by atoms with van der Waals surface area (Å²) in [6.45, 7) is 7.08. The van der Waals surface area contributed by atoms with Crippen molar-refractivity contribution in [2.45, 2.75) is 52.3 Å². The Balaban J connectivity index is 0.000000213. The third kappa shape index (κ3) is 11.9. The summed E-state index contributed by atoms with van der Waals surface area (Å²) in [5, 5.41) is 37.5. The summed E-state index contributed by atoms with van der Waals surface area (Å²) < 4.78 is 81.4. The number of aliphatic hydroxyl groups excluding tert-OH is 1. The van der Waals surface area contributed by atoms with Crippen LogP contribution in [-0.2, 0) is 12.4 Å². The van der Waals surface area contributed by atoms with Crippen molar-refractivity contribution in [1.29, 1.82) is 10.5 Å². The summed E-state index contributed by atoms with van der Waals surface area (Å²) in [7, 11) is 0. The fraction of sp³-hybridized carbons (Fsp3) is 0.200. The zero-order valence-electron chi connectivity index (χ0n) is 30.2. The van der Waals surface area contributed by atoms with Crippen molar-refractivity contribution < 1.29 is 41.3 Å². The molecule has 7 nitrogen and oxygen atoms in total. The van der Waals surface area contributed by atoms with Crippen molar-refractivity contribution in [3.05, 3.63) is 138 Å². The Kier molecular flexibility index (Phi) is 14.7. The van der Waals surface area contributed by atoms with E-state index in [2.05, 4.69) is 9.97 Å². The fourth-order valence-corrected chi connectivity index (χ4v) is 7.43. The minimum Gasteiger partial charge on any atom is -0.508 e. The summed E-state index contributed by atoms with van der Waals surface area (Å²) in [4.78, 5) is 10.3. The lowest BCUT2D eigenvalue weighted by Crippen LogP contribution is -2.03. The van der Waals surface area contributed by atoms with E-state index in [1.807, 2.05) is 26.0 Å². The summed E-state index contributed by atoms with van der Waals surface area (Å²) in [5.41, 5.74) is 2.04. The first kappa shape index (κ1) is 44.6. The van der Waals surface area contributed by atoms with Gasteiger partial charge in [-0.2, -0.15) is 36.9 Å². The van der Waals surface area contributed by atoms with Gasteiger partial charge in [0, 0.05) is 17.2 Å². The standard InChI is InChI=1S/C20H14ClF3N2OS.C13H12F3NOS.C7H4ClNO/c1-11-18(12(2)27-16-8-5-14(10-25)17(21)9-16)28-19(26-11)13-3-6-15(7-4-13)20(22,23)24;1-7-11(8(2)18)19-12(17-7)9-3-5-10(6-4-9)13(14,15)16;8-7-3-6(10)2-1-5(7)4-9/h3-9,12H,1-2H3;3-6,8,18H,1-2H3;1-3,10H. The first-order valence-corrected chi connectivity index (χ1v) is 18.8. The lowest BCUT2D eigenvalue weighted by Gasteiger charge is -2.14. The number of halogens is 8. The minimum atomic E-state index is -4.37. The van der Waals surface area contributed by atoms with E-state index in [-0.39, 0.29) is 16.9 Å². The number of aryl methyl sites for hydroxylation is 2. The number of benzene rings is 4. The molecular formula is C40H30Cl2F6N4O3S2.